The first-order valence-corrected chi connectivity index (χ1v) is 6.07. The Morgan fingerprint density at radius 3 is 2.63 bits per heavy atom. The number of nitrogens with two attached hydrogens (primary N) is 1. The highest BCUT2D eigenvalue weighted by molar-refractivity contribution is 6.09. The maximum atomic E-state index is 12.4. The van der Waals surface area contributed by atoms with Crippen LogP contribution in [0, 0.1) is 0 Å². The lowest BCUT2D eigenvalue weighted by molar-refractivity contribution is 0.102. The van der Waals surface area contributed by atoms with Gasteiger partial charge in [-0.05, 0) is 18.5 Å². The molecule has 0 atom stereocenters. The molecule has 2 N–H and O–H groups in total. The Morgan fingerprint density at radius 2 is 2.05 bits per heavy atom. The summed E-state index contributed by atoms with van der Waals surface area (Å²) < 4.78 is 6.67. The summed E-state index contributed by atoms with van der Waals surface area (Å²) in [6.45, 7) is 0.600. The van der Waals surface area contributed by atoms with Gasteiger partial charge in [-0.25, -0.2) is 0 Å². The fourth-order valence-corrected chi connectivity index (χ4v) is 1.95. The number of nitrogens with zero attached hydrogens (tertiary/aromatic N) is 2. The topological polar surface area (TPSA) is 70.1 Å². The van der Waals surface area contributed by atoms with Crippen LogP contribution in [-0.2, 0) is 13.5 Å². The number of hydrogen-bond acceptors (Lipinski definition) is 4. The van der Waals surface area contributed by atoms with Crippen molar-refractivity contribution in [2.45, 2.75) is 6.42 Å². The second-order valence-corrected chi connectivity index (χ2v) is 4.25. The van der Waals surface area contributed by atoms with E-state index in [0.29, 0.717) is 23.6 Å². The molecule has 0 unspecified atom stereocenters. The van der Waals surface area contributed by atoms with Crippen molar-refractivity contribution in [2.24, 2.45) is 12.8 Å². The minimum atomic E-state index is -0.101. The van der Waals surface area contributed by atoms with Crippen LogP contribution in [0.1, 0.15) is 21.6 Å². The molecular weight excluding hydrogens is 242 g/mol. The molecule has 1 aromatic carbocycles. The zero-order valence-corrected chi connectivity index (χ0v) is 11.1. The Balaban J connectivity index is 2.30. The third kappa shape index (κ3) is 2.66. The summed E-state index contributed by atoms with van der Waals surface area (Å²) in [5, 5.41) is 4.04. The van der Waals surface area contributed by atoms with Gasteiger partial charge in [0.25, 0.3) is 0 Å². The number of ether oxygens (including phenoxy) is 1. The maximum Gasteiger partial charge on any atom is 0.214 e. The summed E-state index contributed by atoms with van der Waals surface area (Å²) >= 11 is 0. The third-order valence-electron chi connectivity index (χ3n) is 2.99. The van der Waals surface area contributed by atoms with Gasteiger partial charge in [-0.2, -0.15) is 5.10 Å². The minimum absolute atomic E-state index is 0.101. The van der Waals surface area contributed by atoms with E-state index in [1.807, 2.05) is 12.1 Å². The normalized spacial score (nSPS) is 10.5. The molecule has 0 aliphatic rings. The van der Waals surface area contributed by atoms with Gasteiger partial charge in [-0.3, -0.25) is 9.48 Å². The second kappa shape index (κ2) is 5.67. The molecule has 0 spiro atoms. The Morgan fingerprint density at radius 1 is 1.37 bits per heavy atom. The molecule has 0 saturated heterocycles. The lowest BCUT2D eigenvalue weighted by Gasteiger charge is -2.05. The lowest BCUT2D eigenvalue weighted by atomic mass is 10.0. The van der Waals surface area contributed by atoms with E-state index in [1.165, 1.54) is 18.0 Å². The zero-order chi connectivity index (χ0) is 13.8. The molecule has 2 rings (SSSR count). The number of hydrogen-bond donors (Lipinski definition) is 1. The van der Waals surface area contributed by atoms with Crippen LogP contribution in [0.3, 0.4) is 0 Å². The molecule has 1 heterocycles. The van der Waals surface area contributed by atoms with Crippen molar-refractivity contribution in [2.75, 3.05) is 13.7 Å². The summed E-state index contributed by atoms with van der Waals surface area (Å²) in [5.41, 5.74) is 7.69. The molecule has 0 aliphatic heterocycles. The molecule has 0 saturated carbocycles. The van der Waals surface area contributed by atoms with E-state index < -0.39 is 0 Å². The maximum absolute atomic E-state index is 12.4. The Bertz CT molecular complexity index is 573. The van der Waals surface area contributed by atoms with Crippen molar-refractivity contribution >= 4 is 5.78 Å². The van der Waals surface area contributed by atoms with Crippen molar-refractivity contribution in [1.82, 2.24) is 9.78 Å². The summed E-state index contributed by atoms with van der Waals surface area (Å²) in [6.07, 6.45) is 2.35. The molecule has 0 fully saturated rings. The molecule has 0 amide bonds. The Labute approximate surface area is 112 Å². The monoisotopic (exact) mass is 259 g/mol. The largest absolute Gasteiger partial charge is 0.493 e. The van der Waals surface area contributed by atoms with Crippen LogP contribution in [0.4, 0.5) is 0 Å². The van der Waals surface area contributed by atoms with Crippen LogP contribution in [0.25, 0.3) is 0 Å². The van der Waals surface area contributed by atoms with Crippen LogP contribution in [0.5, 0.6) is 5.75 Å². The molecule has 5 heteroatoms. The summed E-state index contributed by atoms with van der Waals surface area (Å²) in [7, 11) is 3.25. The number of carbonyl (C=O) groups is 1. The van der Waals surface area contributed by atoms with Crippen molar-refractivity contribution in [1.29, 1.82) is 0 Å². The highest BCUT2D eigenvalue weighted by Gasteiger charge is 2.19. The summed E-state index contributed by atoms with van der Waals surface area (Å²) in [4.78, 5) is 12.4. The summed E-state index contributed by atoms with van der Waals surface area (Å²) in [6, 6.07) is 7.45. The molecule has 0 radical (unpaired) electrons. The van der Waals surface area contributed by atoms with Gasteiger partial charge in [0.2, 0.25) is 5.78 Å². The highest BCUT2D eigenvalue weighted by atomic mass is 16.5. The Hall–Kier alpha value is -2.14. The SMILES string of the molecule is COc1cnn(C)c1C(=O)c1ccc(CCN)cc1. The van der Waals surface area contributed by atoms with Gasteiger partial charge >= 0.3 is 0 Å². The average molecular weight is 259 g/mol. The predicted molar refractivity (Wildman–Crippen MR) is 72.4 cm³/mol. The van der Waals surface area contributed by atoms with E-state index in [-0.39, 0.29) is 5.78 Å². The van der Waals surface area contributed by atoms with Crippen molar-refractivity contribution in [3.63, 3.8) is 0 Å². The smallest absolute Gasteiger partial charge is 0.214 e. The minimum Gasteiger partial charge on any atom is -0.493 e. The zero-order valence-electron chi connectivity index (χ0n) is 11.1. The van der Waals surface area contributed by atoms with Gasteiger partial charge in [0.05, 0.1) is 13.3 Å². The van der Waals surface area contributed by atoms with Crippen LogP contribution in [-0.4, -0.2) is 29.2 Å². The summed E-state index contributed by atoms with van der Waals surface area (Å²) in [5.74, 6) is 0.384. The number of rotatable bonds is 5. The second-order valence-electron chi connectivity index (χ2n) is 4.25. The predicted octanol–water partition coefficient (Wildman–Crippen LogP) is 1.16. The van der Waals surface area contributed by atoms with Gasteiger partial charge in [-0.1, -0.05) is 24.3 Å². The van der Waals surface area contributed by atoms with E-state index in [4.69, 9.17) is 10.5 Å². The first-order chi connectivity index (χ1) is 9.17. The molecule has 1 aromatic heterocycles. The van der Waals surface area contributed by atoms with Crippen LogP contribution >= 0.6 is 0 Å². The molecule has 100 valence electrons. The highest BCUT2D eigenvalue weighted by Crippen LogP contribution is 2.20. The quantitative estimate of drug-likeness (QED) is 0.818. The van der Waals surface area contributed by atoms with E-state index in [0.717, 1.165) is 12.0 Å². The molecule has 0 aliphatic carbocycles. The molecule has 19 heavy (non-hydrogen) atoms. The first kappa shape index (κ1) is 13.3. The van der Waals surface area contributed by atoms with Gasteiger partial charge in [0.15, 0.2) is 11.4 Å². The third-order valence-corrected chi connectivity index (χ3v) is 2.99. The molecule has 5 nitrogen and oxygen atoms in total. The number of benzene rings is 1. The fourth-order valence-electron chi connectivity index (χ4n) is 1.95. The first-order valence-electron chi connectivity index (χ1n) is 6.07. The van der Waals surface area contributed by atoms with Crippen molar-refractivity contribution < 1.29 is 9.53 Å². The van der Waals surface area contributed by atoms with Crippen LogP contribution < -0.4 is 10.5 Å². The van der Waals surface area contributed by atoms with Gasteiger partial charge in [0.1, 0.15) is 0 Å². The van der Waals surface area contributed by atoms with Crippen molar-refractivity contribution in [3.8, 4) is 5.75 Å². The Kier molecular flexibility index (Phi) is 3.97. The van der Waals surface area contributed by atoms with Gasteiger partial charge in [-0.15, -0.1) is 0 Å². The molecule has 0 bridgehead atoms. The van der Waals surface area contributed by atoms with E-state index in [2.05, 4.69) is 5.10 Å². The van der Waals surface area contributed by atoms with E-state index in [9.17, 15) is 4.79 Å². The number of aromatic nitrogens is 2. The average Bonchev–Trinajstić information content (AvgIpc) is 2.80. The van der Waals surface area contributed by atoms with Crippen molar-refractivity contribution in [3.05, 3.63) is 47.3 Å². The van der Waals surface area contributed by atoms with Gasteiger partial charge in [0, 0.05) is 12.6 Å². The van der Waals surface area contributed by atoms with Crippen LogP contribution in [0.2, 0.25) is 0 Å². The number of carbonyl (C=O) groups excluding carboxylic acids is 1. The number of ketones is 1. The van der Waals surface area contributed by atoms with E-state index >= 15 is 0 Å². The van der Waals surface area contributed by atoms with Crippen LogP contribution in [0.15, 0.2) is 30.5 Å². The number of methoxy groups -OCH3 is 1. The van der Waals surface area contributed by atoms with Gasteiger partial charge < -0.3 is 10.5 Å². The number of aryl methyl sites for hydroxylation is 1. The molecular formula is C14H17N3O2. The van der Waals surface area contributed by atoms with E-state index in [1.54, 1.807) is 19.2 Å². The standard InChI is InChI=1S/C14H17N3O2/c1-17-13(12(19-2)9-16-17)14(18)11-5-3-10(4-6-11)7-8-15/h3-6,9H,7-8,15H2,1-2H3. The lowest BCUT2D eigenvalue weighted by Crippen LogP contribution is -2.10. The molecule has 2 aromatic rings. The fraction of sp³-hybridized carbons (Fsp3) is 0.286.